The largest absolute Gasteiger partial charge is 0.494 e. The summed E-state index contributed by atoms with van der Waals surface area (Å²) in [4.78, 5) is 12.8. The minimum atomic E-state index is -0.127. The van der Waals surface area contributed by atoms with E-state index in [2.05, 4.69) is 17.5 Å². The highest BCUT2D eigenvalue weighted by atomic mass is 32.2. The van der Waals surface area contributed by atoms with Crippen molar-refractivity contribution in [2.45, 2.75) is 18.2 Å². The molecule has 0 atom stereocenters. The Balaban J connectivity index is 1.74. The summed E-state index contributed by atoms with van der Waals surface area (Å²) in [5, 5.41) is 3.97. The van der Waals surface area contributed by atoms with Crippen molar-refractivity contribution >= 4 is 23.9 Å². The second kappa shape index (κ2) is 9.69. The predicted octanol–water partition coefficient (Wildman–Crippen LogP) is 3.72. The number of amides is 1. The van der Waals surface area contributed by atoms with Crippen LogP contribution in [0.5, 0.6) is 5.75 Å². The van der Waals surface area contributed by atoms with Crippen LogP contribution in [-0.2, 0) is 4.79 Å². The van der Waals surface area contributed by atoms with Crippen LogP contribution in [0.1, 0.15) is 18.9 Å². The number of hydrogen-bond donors (Lipinski definition) is 1. The van der Waals surface area contributed by atoms with E-state index in [1.165, 1.54) is 11.8 Å². The van der Waals surface area contributed by atoms with Crippen LogP contribution in [0.3, 0.4) is 0 Å². The van der Waals surface area contributed by atoms with Crippen LogP contribution < -0.4 is 10.2 Å². The standard InChI is InChI=1S/C18H20N2O2S/c1-2-12-22-16-10-8-15(9-11-16)13-19-20-18(21)14-23-17-6-4-3-5-7-17/h3-11,13H,2,12,14H2,1H3,(H,20,21)/b19-13-. The van der Waals surface area contributed by atoms with Crippen LogP contribution in [-0.4, -0.2) is 24.5 Å². The summed E-state index contributed by atoms with van der Waals surface area (Å²) in [5.74, 6) is 1.05. The Hall–Kier alpha value is -2.27. The lowest BCUT2D eigenvalue weighted by Gasteiger charge is -2.04. The van der Waals surface area contributed by atoms with Gasteiger partial charge in [-0.25, -0.2) is 5.43 Å². The lowest BCUT2D eigenvalue weighted by molar-refractivity contribution is -0.118. The van der Waals surface area contributed by atoms with Crippen LogP contribution in [0, 0.1) is 0 Å². The molecule has 2 aromatic rings. The lowest BCUT2D eigenvalue weighted by Crippen LogP contribution is -2.19. The molecule has 5 heteroatoms. The van der Waals surface area contributed by atoms with Gasteiger partial charge in [-0.2, -0.15) is 5.10 Å². The van der Waals surface area contributed by atoms with Crippen molar-refractivity contribution in [3.63, 3.8) is 0 Å². The van der Waals surface area contributed by atoms with Gasteiger partial charge >= 0.3 is 0 Å². The first-order chi connectivity index (χ1) is 11.3. The van der Waals surface area contributed by atoms with E-state index in [1.54, 1.807) is 6.21 Å². The molecule has 2 aromatic carbocycles. The van der Waals surface area contributed by atoms with E-state index >= 15 is 0 Å². The normalized spacial score (nSPS) is 10.7. The Morgan fingerprint density at radius 1 is 1.17 bits per heavy atom. The maximum atomic E-state index is 11.7. The molecule has 1 amide bonds. The summed E-state index contributed by atoms with van der Waals surface area (Å²) < 4.78 is 5.51. The number of thioether (sulfide) groups is 1. The van der Waals surface area contributed by atoms with Crippen LogP contribution in [0.4, 0.5) is 0 Å². The first-order valence-corrected chi connectivity index (χ1v) is 8.49. The highest BCUT2D eigenvalue weighted by Crippen LogP contribution is 2.16. The number of benzene rings is 2. The summed E-state index contributed by atoms with van der Waals surface area (Å²) >= 11 is 1.48. The van der Waals surface area contributed by atoms with E-state index < -0.39 is 0 Å². The average molecular weight is 328 g/mol. The van der Waals surface area contributed by atoms with Crippen LogP contribution in [0.15, 0.2) is 64.6 Å². The summed E-state index contributed by atoms with van der Waals surface area (Å²) in [6.07, 6.45) is 2.60. The number of nitrogens with zero attached hydrogens (tertiary/aromatic N) is 1. The molecule has 0 aliphatic heterocycles. The highest BCUT2D eigenvalue weighted by molar-refractivity contribution is 8.00. The molecule has 0 heterocycles. The molecule has 120 valence electrons. The van der Waals surface area contributed by atoms with E-state index in [0.717, 1.165) is 22.6 Å². The molecule has 0 radical (unpaired) electrons. The van der Waals surface area contributed by atoms with Crippen molar-refractivity contribution in [2.24, 2.45) is 5.10 Å². The van der Waals surface area contributed by atoms with Crippen molar-refractivity contribution in [2.75, 3.05) is 12.4 Å². The van der Waals surface area contributed by atoms with Gasteiger partial charge in [-0.1, -0.05) is 25.1 Å². The number of carbonyl (C=O) groups is 1. The molecular formula is C18H20N2O2S. The maximum Gasteiger partial charge on any atom is 0.250 e. The van der Waals surface area contributed by atoms with E-state index in [9.17, 15) is 4.79 Å². The number of hydrazone groups is 1. The zero-order chi connectivity index (χ0) is 16.3. The van der Waals surface area contributed by atoms with E-state index in [4.69, 9.17) is 4.74 Å². The topological polar surface area (TPSA) is 50.7 Å². The zero-order valence-corrected chi connectivity index (χ0v) is 13.9. The first-order valence-electron chi connectivity index (χ1n) is 7.50. The maximum absolute atomic E-state index is 11.7. The number of ether oxygens (including phenoxy) is 1. The molecule has 0 unspecified atom stereocenters. The third kappa shape index (κ3) is 6.57. The molecular weight excluding hydrogens is 308 g/mol. The molecule has 0 saturated carbocycles. The predicted molar refractivity (Wildman–Crippen MR) is 95.1 cm³/mol. The molecule has 0 aliphatic rings. The monoisotopic (exact) mass is 328 g/mol. The Morgan fingerprint density at radius 3 is 2.61 bits per heavy atom. The highest BCUT2D eigenvalue weighted by Gasteiger charge is 2.00. The SMILES string of the molecule is CCCOc1ccc(/C=N\NC(=O)CSc2ccccc2)cc1. The van der Waals surface area contributed by atoms with E-state index in [-0.39, 0.29) is 5.91 Å². The van der Waals surface area contributed by atoms with Crippen molar-refractivity contribution in [1.29, 1.82) is 0 Å². The fourth-order valence-corrected chi connectivity index (χ4v) is 2.46. The number of rotatable bonds is 8. The van der Waals surface area contributed by atoms with Crippen molar-refractivity contribution < 1.29 is 9.53 Å². The van der Waals surface area contributed by atoms with E-state index in [0.29, 0.717) is 12.4 Å². The Bertz CT molecular complexity index is 627. The third-order valence-corrected chi connectivity index (χ3v) is 3.88. The molecule has 2 rings (SSSR count). The smallest absolute Gasteiger partial charge is 0.250 e. The van der Waals surface area contributed by atoms with Gasteiger partial charge in [-0.05, 0) is 48.4 Å². The van der Waals surface area contributed by atoms with Gasteiger partial charge in [0.05, 0.1) is 18.6 Å². The van der Waals surface area contributed by atoms with Gasteiger partial charge in [0.2, 0.25) is 5.91 Å². The van der Waals surface area contributed by atoms with Crippen LogP contribution >= 0.6 is 11.8 Å². The molecule has 4 nitrogen and oxygen atoms in total. The second-order valence-electron chi connectivity index (χ2n) is 4.81. The summed E-state index contributed by atoms with van der Waals surface area (Å²) in [6, 6.07) is 17.4. The van der Waals surface area contributed by atoms with Gasteiger partial charge in [0.25, 0.3) is 0 Å². The molecule has 0 bridgehead atoms. The third-order valence-electron chi connectivity index (χ3n) is 2.87. The van der Waals surface area contributed by atoms with Crippen molar-refractivity contribution in [3.05, 3.63) is 60.2 Å². The van der Waals surface area contributed by atoms with Gasteiger partial charge < -0.3 is 4.74 Å². The van der Waals surface area contributed by atoms with Gasteiger partial charge in [0, 0.05) is 4.90 Å². The molecule has 0 aliphatic carbocycles. The summed E-state index contributed by atoms with van der Waals surface area (Å²) in [6.45, 7) is 2.78. The lowest BCUT2D eigenvalue weighted by atomic mass is 10.2. The Morgan fingerprint density at radius 2 is 1.91 bits per heavy atom. The number of nitrogens with one attached hydrogen (secondary N) is 1. The van der Waals surface area contributed by atoms with Gasteiger partial charge in [0.1, 0.15) is 5.75 Å². The number of hydrogen-bond acceptors (Lipinski definition) is 4. The van der Waals surface area contributed by atoms with Crippen LogP contribution in [0.25, 0.3) is 0 Å². The van der Waals surface area contributed by atoms with Crippen molar-refractivity contribution in [1.82, 2.24) is 5.43 Å². The fraction of sp³-hybridized carbons (Fsp3) is 0.222. The van der Waals surface area contributed by atoms with Gasteiger partial charge in [-0.3, -0.25) is 4.79 Å². The average Bonchev–Trinajstić information content (AvgIpc) is 2.60. The summed E-state index contributed by atoms with van der Waals surface area (Å²) in [5.41, 5.74) is 3.44. The second-order valence-corrected chi connectivity index (χ2v) is 5.86. The van der Waals surface area contributed by atoms with Crippen molar-refractivity contribution in [3.8, 4) is 5.75 Å². The van der Waals surface area contributed by atoms with Gasteiger partial charge in [0.15, 0.2) is 0 Å². The number of carbonyl (C=O) groups excluding carboxylic acids is 1. The Labute approximate surface area is 140 Å². The Kier molecular flexibility index (Phi) is 7.20. The summed E-state index contributed by atoms with van der Waals surface area (Å²) in [7, 11) is 0. The molecule has 23 heavy (non-hydrogen) atoms. The minimum absolute atomic E-state index is 0.127. The van der Waals surface area contributed by atoms with Gasteiger partial charge in [-0.15, -0.1) is 11.8 Å². The van der Waals surface area contributed by atoms with E-state index in [1.807, 2.05) is 54.6 Å². The molecule has 0 saturated heterocycles. The zero-order valence-electron chi connectivity index (χ0n) is 13.1. The quantitative estimate of drug-likeness (QED) is 0.456. The molecule has 0 fully saturated rings. The first kappa shape index (κ1) is 17.1. The fourth-order valence-electron chi connectivity index (χ4n) is 1.75. The molecule has 0 spiro atoms. The minimum Gasteiger partial charge on any atom is -0.494 e. The molecule has 0 aromatic heterocycles. The van der Waals surface area contributed by atoms with Crippen LogP contribution in [0.2, 0.25) is 0 Å². The molecule has 1 N–H and O–H groups in total.